The highest BCUT2D eigenvalue weighted by atomic mass is 16.5. The summed E-state index contributed by atoms with van der Waals surface area (Å²) in [5.41, 5.74) is 1.00. The van der Waals surface area contributed by atoms with Crippen molar-refractivity contribution in [1.82, 2.24) is 20.4 Å². The van der Waals surface area contributed by atoms with E-state index in [9.17, 15) is 4.79 Å². The van der Waals surface area contributed by atoms with Crippen LogP contribution in [0.3, 0.4) is 0 Å². The van der Waals surface area contributed by atoms with E-state index in [1.54, 1.807) is 7.11 Å². The second-order valence-electron chi connectivity index (χ2n) is 7.72. The minimum atomic E-state index is -0.383. The van der Waals surface area contributed by atoms with Gasteiger partial charge in [-0.15, -0.1) is 0 Å². The lowest BCUT2D eigenvalue weighted by molar-refractivity contribution is -0.140. The number of hydrogen-bond donors (Lipinski definition) is 2. The number of carbonyl (C=O) groups is 1. The first-order valence-corrected chi connectivity index (χ1v) is 9.21. The number of carbonyl (C=O) groups excluding carboxylic acids is 1. The minimum Gasteiger partial charge on any atom is -0.381 e. The summed E-state index contributed by atoms with van der Waals surface area (Å²) in [6.07, 6.45) is 2.13. The molecule has 3 saturated heterocycles. The molecule has 2 N–H and O–H groups in total. The van der Waals surface area contributed by atoms with Crippen LogP contribution in [0.1, 0.15) is 18.4 Å². The first kappa shape index (κ1) is 17.0. The molecule has 136 valence electrons. The number of ether oxygens (including phenoxy) is 1. The number of fused-ring (bicyclic) bond motifs is 1. The van der Waals surface area contributed by atoms with Gasteiger partial charge in [-0.3, -0.25) is 15.0 Å². The monoisotopic (exact) mass is 344 g/mol. The number of hydrogen-bond acceptors (Lipinski definition) is 5. The predicted octanol–water partition coefficient (Wildman–Crippen LogP) is 0.399. The lowest BCUT2D eigenvalue weighted by Crippen LogP contribution is -2.68. The van der Waals surface area contributed by atoms with Crippen molar-refractivity contribution in [2.75, 3.05) is 46.4 Å². The van der Waals surface area contributed by atoms with Crippen molar-refractivity contribution in [3.8, 4) is 0 Å². The topological polar surface area (TPSA) is 56.8 Å². The molecule has 6 heteroatoms. The van der Waals surface area contributed by atoms with Gasteiger partial charge in [0.2, 0.25) is 5.91 Å². The Balaban J connectivity index is 1.43. The molecule has 3 fully saturated rings. The molecule has 1 atom stereocenters. The average Bonchev–Trinajstić information content (AvgIpc) is 2.94. The third-order valence-electron chi connectivity index (χ3n) is 5.92. The molecule has 3 aliphatic heterocycles. The van der Waals surface area contributed by atoms with Crippen LogP contribution in [0.2, 0.25) is 0 Å². The summed E-state index contributed by atoms with van der Waals surface area (Å²) in [7, 11) is 1.71. The summed E-state index contributed by atoms with van der Waals surface area (Å²) in [6, 6.07) is 10.6. The summed E-state index contributed by atoms with van der Waals surface area (Å²) >= 11 is 0. The average molecular weight is 344 g/mol. The molecule has 0 radical (unpaired) electrons. The summed E-state index contributed by atoms with van der Waals surface area (Å²) in [5, 5.41) is 7.08. The lowest BCUT2D eigenvalue weighted by Gasteiger charge is -2.42. The van der Waals surface area contributed by atoms with Crippen LogP contribution in [0, 0.1) is 0 Å². The number of methoxy groups -OCH3 is 1. The Hall–Kier alpha value is -1.47. The minimum absolute atomic E-state index is 0.0212. The van der Waals surface area contributed by atoms with Crippen molar-refractivity contribution in [1.29, 1.82) is 0 Å². The normalized spacial score (nSPS) is 29.2. The number of nitrogens with zero attached hydrogens (tertiary/aromatic N) is 2. The summed E-state index contributed by atoms with van der Waals surface area (Å²) in [6.45, 7) is 5.63. The van der Waals surface area contributed by atoms with Crippen LogP contribution in [0.25, 0.3) is 0 Å². The number of piperidine rings is 1. The molecular weight excluding hydrogens is 316 g/mol. The number of rotatable bonds is 4. The molecule has 1 unspecified atom stereocenters. The molecule has 25 heavy (non-hydrogen) atoms. The van der Waals surface area contributed by atoms with Crippen LogP contribution in [0.4, 0.5) is 0 Å². The molecule has 1 aromatic carbocycles. The van der Waals surface area contributed by atoms with E-state index in [0.717, 1.165) is 45.6 Å². The van der Waals surface area contributed by atoms with Gasteiger partial charge in [0.25, 0.3) is 0 Å². The zero-order valence-corrected chi connectivity index (χ0v) is 15.0. The molecule has 3 aliphatic rings. The Morgan fingerprint density at radius 2 is 1.96 bits per heavy atom. The van der Waals surface area contributed by atoms with Gasteiger partial charge in [-0.1, -0.05) is 30.3 Å². The van der Waals surface area contributed by atoms with E-state index < -0.39 is 0 Å². The highest BCUT2D eigenvalue weighted by molar-refractivity contribution is 5.80. The smallest absolute Gasteiger partial charge is 0.238 e. The van der Waals surface area contributed by atoms with Crippen molar-refractivity contribution in [2.45, 2.75) is 30.6 Å². The van der Waals surface area contributed by atoms with E-state index in [2.05, 4.69) is 45.9 Å². The SMILES string of the molecule is COCC12CNCC(=O)N1CC1(CCN(Cc3ccccc3)CC1)N2. The molecule has 4 rings (SSSR count). The van der Waals surface area contributed by atoms with Crippen molar-refractivity contribution in [3.63, 3.8) is 0 Å². The van der Waals surface area contributed by atoms with Crippen molar-refractivity contribution in [3.05, 3.63) is 35.9 Å². The highest BCUT2D eigenvalue weighted by Crippen LogP contribution is 2.36. The summed E-state index contributed by atoms with van der Waals surface area (Å²) < 4.78 is 5.46. The molecule has 1 aromatic rings. The fraction of sp³-hybridized carbons (Fsp3) is 0.632. The fourth-order valence-corrected chi connectivity index (χ4v) is 4.66. The van der Waals surface area contributed by atoms with Gasteiger partial charge in [-0.2, -0.15) is 0 Å². The van der Waals surface area contributed by atoms with Crippen LogP contribution in [0.5, 0.6) is 0 Å². The maximum absolute atomic E-state index is 12.4. The fourth-order valence-electron chi connectivity index (χ4n) is 4.66. The second kappa shape index (κ2) is 6.68. The third-order valence-corrected chi connectivity index (χ3v) is 5.92. The van der Waals surface area contributed by atoms with E-state index in [1.807, 2.05) is 4.90 Å². The van der Waals surface area contributed by atoms with Gasteiger partial charge in [0.1, 0.15) is 5.66 Å². The number of amides is 1. The third kappa shape index (κ3) is 3.19. The molecular formula is C19H28N4O2. The van der Waals surface area contributed by atoms with Crippen LogP contribution in [-0.4, -0.2) is 73.3 Å². The van der Waals surface area contributed by atoms with Gasteiger partial charge in [-0.05, 0) is 18.4 Å². The van der Waals surface area contributed by atoms with Crippen molar-refractivity contribution in [2.24, 2.45) is 0 Å². The lowest BCUT2D eigenvalue weighted by atomic mass is 9.88. The zero-order valence-electron chi connectivity index (χ0n) is 15.0. The standard InChI is InChI=1S/C19H28N4O2/c1-25-15-19-13-20-11-17(24)23(19)14-18(21-19)7-9-22(10-8-18)12-16-5-3-2-4-6-16/h2-6,20-21H,7-15H2,1H3. The number of piperazine rings is 1. The number of nitrogens with one attached hydrogen (secondary N) is 2. The highest BCUT2D eigenvalue weighted by Gasteiger charge is 2.56. The molecule has 6 nitrogen and oxygen atoms in total. The van der Waals surface area contributed by atoms with E-state index in [-0.39, 0.29) is 17.1 Å². The van der Waals surface area contributed by atoms with E-state index in [1.165, 1.54) is 5.56 Å². The second-order valence-corrected chi connectivity index (χ2v) is 7.72. The summed E-state index contributed by atoms with van der Waals surface area (Å²) in [4.78, 5) is 17.0. The molecule has 3 heterocycles. The van der Waals surface area contributed by atoms with E-state index >= 15 is 0 Å². The molecule has 0 aromatic heterocycles. The first-order chi connectivity index (χ1) is 12.1. The predicted molar refractivity (Wildman–Crippen MR) is 96.0 cm³/mol. The van der Waals surface area contributed by atoms with Crippen LogP contribution in [0.15, 0.2) is 30.3 Å². The Morgan fingerprint density at radius 1 is 1.20 bits per heavy atom. The summed E-state index contributed by atoms with van der Waals surface area (Å²) in [5.74, 6) is 0.180. The van der Waals surface area contributed by atoms with E-state index in [0.29, 0.717) is 13.2 Å². The van der Waals surface area contributed by atoms with Gasteiger partial charge >= 0.3 is 0 Å². The Labute approximate surface area is 149 Å². The van der Waals surface area contributed by atoms with Crippen molar-refractivity contribution >= 4 is 5.91 Å². The maximum Gasteiger partial charge on any atom is 0.238 e. The van der Waals surface area contributed by atoms with Gasteiger partial charge in [0.05, 0.1) is 13.2 Å². The van der Waals surface area contributed by atoms with E-state index in [4.69, 9.17) is 4.74 Å². The Kier molecular flexibility index (Phi) is 4.54. The van der Waals surface area contributed by atoms with Crippen LogP contribution >= 0.6 is 0 Å². The Morgan fingerprint density at radius 3 is 2.68 bits per heavy atom. The molecule has 1 amide bonds. The Bertz CT molecular complexity index is 611. The maximum atomic E-state index is 12.4. The van der Waals surface area contributed by atoms with Gasteiger partial charge in [0.15, 0.2) is 0 Å². The number of benzene rings is 1. The van der Waals surface area contributed by atoms with Gasteiger partial charge < -0.3 is 15.0 Å². The van der Waals surface area contributed by atoms with Gasteiger partial charge in [0, 0.05) is 45.4 Å². The largest absolute Gasteiger partial charge is 0.381 e. The molecule has 0 saturated carbocycles. The zero-order chi connectivity index (χ0) is 17.3. The van der Waals surface area contributed by atoms with Crippen molar-refractivity contribution < 1.29 is 9.53 Å². The molecule has 1 spiro atoms. The van der Waals surface area contributed by atoms with Crippen LogP contribution in [-0.2, 0) is 16.1 Å². The molecule has 0 bridgehead atoms. The molecule has 0 aliphatic carbocycles. The van der Waals surface area contributed by atoms with Crippen LogP contribution < -0.4 is 10.6 Å². The first-order valence-electron chi connectivity index (χ1n) is 9.21. The quantitative estimate of drug-likeness (QED) is 0.828. The van der Waals surface area contributed by atoms with Gasteiger partial charge in [-0.25, -0.2) is 0 Å². The number of likely N-dealkylation sites (tertiary alicyclic amines) is 1.